The Morgan fingerprint density at radius 3 is 1.54 bits per heavy atom. The van der Waals surface area contributed by atoms with Crippen LogP contribution >= 0.6 is 0 Å². The molecule has 0 spiro atoms. The van der Waals surface area contributed by atoms with Crippen molar-refractivity contribution in [2.75, 3.05) is 0 Å². The highest BCUT2D eigenvalue weighted by atomic mass is 16.6. The lowest BCUT2D eigenvalue weighted by Gasteiger charge is -2.41. The van der Waals surface area contributed by atoms with Crippen molar-refractivity contribution in [1.82, 2.24) is 0 Å². The predicted octanol–water partition coefficient (Wildman–Crippen LogP) is 2.30. The monoisotopic (exact) mass is 514 g/mol. The number of esters is 2. The summed E-state index contributed by atoms with van der Waals surface area (Å²) < 4.78 is 10.6. The van der Waals surface area contributed by atoms with Crippen molar-refractivity contribution in [2.45, 2.75) is 38.1 Å². The summed E-state index contributed by atoms with van der Waals surface area (Å²) in [7, 11) is 0. The van der Waals surface area contributed by atoms with Crippen molar-refractivity contribution >= 4 is 30.1 Å². The van der Waals surface area contributed by atoms with Crippen LogP contribution < -0.4 is 0 Å². The van der Waals surface area contributed by atoms with Crippen molar-refractivity contribution in [1.29, 1.82) is 0 Å². The second-order valence-corrected chi connectivity index (χ2v) is 8.88. The Kier molecular flexibility index (Phi) is 8.08. The van der Waals surface area contributed by atoms with Gasteiger partial charge in [0, 0.05) is 25.0 Å². The molecule has 1 fully saturated rings. The van der Waals surface area contributed by atoms with Gasteiger partial charge >= 0.3 is 17.9 Å². The molecule has 1 saturated carbocycles. The van der Waals surface area contributed by atoms with Gasteiger partial charge < -0.3 is 40.1 Å². The summed E-state index contributed by atoms with van der Waals surface area (Å²) in [6.45, 7) is 1.38. The minimum atomic E-state index is -1.52. The first kappa shape index (κ1) is 27.1. The first-order valence-electron chi connectivity index (χ1n) is 11.1. The van der Waals surface area contributed by atoms with Crippen molar-refractivity contribution in [3.63, 3.8) is 0 Å². The number of rotatable bonds is 7. The predicted molar refractivity (Wildman–Crippen MR) is 128 cm³/mol. The third-order valence-corrected chi connectivity index (χ3v) is 5.94. The lowest BCUT2D eigenvalue weighted by atomic mass is 9.72. The van der Waals surface area contributed by atoms with Gasteiger partial charge in [0.1, 0.15) is 18.3 Å². The number of aliphatic hydroxyl groups excluding tert-OH is 1. The summed E-state index contributed by atoms with van der Waals surface area (Å²) in [6, 6.07) is 7.72. The molecule has 11 heteroatoms. The molecule has 0 amide bonds. The van der Waals surface area contributed by atoms with Gasteiger partial charge in [0.05, 0.1) is 5.41 Å². The zero-order valence-corrected chi connectivity index (χ0v) is 19.6. The molecular weight excluding hydrogens is 488 g/mol. The maximum Gasteiger partial charge on any atom is 0.331 e. The SMILES string of the molecule is CC1(C(=O)O)C[C@@H](OC(=O)/C=C/c2ccc(O)c(O)c2)C(O)[C@H](OC(=O)/C=C/c2ccc(O)c(O)c2)C1. The van der Waals surface area contributed by atoms with Crippen LogP contribution in [-0.4, -0.2) is 66.9 Å². The Labute approximate surface area is 211 Å². The van der Waals surface area contributed by atoms with Crippen LogP contribution in [0.25, 0.3) is 12.2 Å². The molecule has 0 saturated heterocycles. The molecule has 1 aliphatic rings. The van der Waals surface area contributed by atoms with Gasteiger partial charge in [-0.2, -0.15) is 0 Å². The molecule has 3 rings (SSSR count). The van der Waals surface area contributed by atoms with E-state index < -0.39 is 53.1 Å². The number of phenols is 4. The summed E-state index contributed by atoms with van der Waals surface area (Å²) in [5.74, 6) is -4.52. The standard InChI is InChI=1S/C26H26O11/c1-26(25(34)35)12-20(36-22(31)8-4-14-2-6-16(27)18(29)10-14)24(33)21(13-26)37-23(32)9-5-15-3-7-17(28)19(30)11-15/h2-11,20-21,24,27-30,33H,12-13H2,1H3,(H,34,35)/b8-4+,9-5+/t20-,21-,24?,26?/m1/s1. The first-order chi connectivity index (χ1) is 17.4. The topological polar surface area (TPSA) is 191 Å². The largest absolute Gasteiger partial charge is 0.504 e. The fourth-order valence-corrected chi connectivity index (χ4v) is 3.84. The minimum absolute atomic E-state index is 0.236. The second kappa shape index (κ2) is 11.0. The van der Waals surface area contributed by atoms with Crippen LogP contribution in [0.2, 0.25) is 0 Å². The van der Waals surface area contributed by atoms with Crippen LogP contribution in [0.4, 0.5) is 0 Å². The van der Waals surface area contributed by atoms with Gasteiger partial charge in [-0.15, -0.1) is 0 Å². The molecule has 6 N–H and O–H groups in total. The van der Waals surface area contributed by atoms with Crippen LogP contribution in [0.15, 0.2) is 48.6 Å². The number of carbonyl (C=O) groups is 3. The number of carboxylic acids is 1. The third-order valence-electron chi connectivity index (χ3n) is 5.94. The zero-order valence-electron chi connectivity index (χ0n) is 19.6. The number of aliphatic carboxylic acids is 1. The van der Waals surface area contributed by atoms with E-state index in [1.54, 1.807) is 0 Å². The number of carboxylic acid groups (broad SMARTS) is 1. The molecule has 0 radical (unpaired) electrons. The van der Waals surface area contributed by atoms with E-state index in [4.69, 9.17) is 9.47 Å². The van der Waals surface area contributed by atoms with E-state index >= 15 is 0 Å². The molecule has 0 aromatic heterocycles. The van der Waals surface area contributed by atoms with Crippen LogP contribution in [0.5, 0.6) is 23.0 Å². The average Bonchev–Trinajstić information content (AvgIpc) is 2.83. The maximum atomic E-state index is 12.4. The van der Waals surface area contributed by atoms with E-state index in [1.165, 1.54) is 55.5 Å². The summed E-state index contributed by atoms with van der Waals surface area (Å²) >= 11 is 0. The Hall–Kier alpha value is -4.51. The van der Waals surface area contributed by atoms with E-state index in [0.717, 1.165) is 12.2 Å². The van der Waals surface area contributed by atoms with Crippen molar-refractivity contribution in [2.24, 2.45) is 5.41 Å². The smallest absolute Gasteiger partial charge is 0.331 e. The van der Waals surface area contributed by atoms with E-state index in [1.807, 2.05) is 0 Å². The number of hydrogen-bond acceptors (Lipinski definition) is 10. The molecule has 2 aromatic carbocycles. The summed E-state index contributed by atoms with van der Waals surface area (Å²) in [5, 5.41) is 58.2. The highest BCUT2D eigenvalue weighted by molar-refractivity contribution is 5.88. The molecule has 2 aromatic rings. The fraction of sp³-hybridized carbons (Fsp3) is 0.269. The van der Waals surface area contributed by atoms with Crippen molar-refractivity contribution < 1.29 is 54.5 Å². The number of benzene rings is 2. The zero-order chi connectivity index (χ0) is 27.3. The van der Waals surface area contributed by atoms with E-state index in [9.17, 15) is 45.0 Å². The van der Waals surface area contributed by atoms with Gasteiger partial charge in [-0.3, -0.25) is 4.79 Å². The van der Waals surface area contributed by atoms with Gasteiger partial charge in [-0.05, 0) is 54.5 Å². The Morgan fingerprint density at radius 2 is 1.19 bits per heavy atom. The summed E-state index contributed by atoms with van der Waals surface area (Å²) in [5.41, 5.74) is -0.742. The van der Waals surface area contributed by atoms with Gasteiger partial charge in [0.25, 0.3) is 0 Å². The molecule has 0 heterocycles. The first-order valence-corrected chi connectivity index (χ1v) is 11.1. The number of hydrogen-bond donors (Lipinski definition) is 6. The fourth-order valence-electron chi connectivity index (χ4n) is 3.84. The molecule has 196 valence electrons. The number of carbonyl (C=O) groups excluding carboxylic acids is 2. The Balaban J connectivity index is 1.71. The lowest BCUT2D eigenvalue weighted by molar-refractivity contribution is -0.189. The normalized spacial score (nSPS) is 23.7. The Morgan fingerprint density at radius 1 is 0.784 bits per heavy atom. The highest BCUT2D eigenvalue weighted by Gasteiger charge is 2.50. The van der Waals surface area contributed by atoms with Crippen LogP contribution in [-0.2, 0) is 23.9 Å². The van der Waals surface area contributed by atoms with Crippen LogP contribution in [0, 0.1) is 5.41 Å². The summed E-state index contributed by atoms with van der Waals surface area (Å²) in [6.07, 6.45) is -0.0268. The lowest BCUT2D eigenvalue weighted by Crippen LogP contribution is -2.53. The molecule has 2 atom stereocenters. The van der Waals surface area contributed by atoms with Crippen LogP contribution in [0.3, 0.4) is 0 Å². The molecule has 11 nitrogen and oxygen atoms in total. The molecule has 0 bridgehead atoms. The minimum Gasteiger partial charge on any atom is -0.504 e. The average molecular weight is 514 g/mol. The van der Waals surface area contributed by atoms with Gasteiger partial charge in [0.15, 0.2) is 23.0 Å². The maximum absolute atomic E-state index is 12.4. The Bertz CT molecular complexity index is 1160. The number of aliphatic hydroxyl groups is 1. The van der Waals surface area contributed by atoms with Crippen molar-refractivity contribution in [3.8, 4) is 23.0 Å². The van der Waals surface area contributed by atoms with Gasteiger partial charge in [-0.25, -0.2) is 9.59 Å². The van der Waals surface area contributed by atoms with E-state index in [-0.39, 0.29) is 24.3 Å². The van der Waals surface area contributed by atoms with Crippen LogP contribution in [0.1, 0.15) is 30.9 Å². The highest BCUT2D eigenvalue weighted by Crippen LogP contribution is 2.39. The molecule has 0 aliphatic heterocycles. The number of ether oxygens (including phenoxy) is 2. The molecule has 37 heavy (non-hydrogen) atoms. The number of aromatic hydroxyl groups is 4. The quantitative estimate of drug-likeness (QED) is 0.180. The molecule has 0 unspecified atom stereocenters. The van der Waals surface area contributed by atoms with E-state index in [0.29, 0.717) is 11.1 Å². The molecular formula is C26H26O11. The third kappa shape index (κ3) is 6.79. The summed E-state index contributed by atoms with van der Waals surface area (Å²) in [4.78, 5) is 36.6. The van der Waals surface area contributed by atoms with E-state index in [2.05, 4.69) is 0 Å². The van der Waals surface area contributed by atoms with Gasteiger partial charge in [-0.1, -0.05) is 12.1 Å². The van der Waals surface area contributed by atoms with Crippen molar-refractivity contribution in [3.05, 3.63) is 59.7 Å². The second-order valence-electron chi connectivity index (χ2n) is 8.88. The van der Waals surface area contributed by atoms with Gasteiger partial charge in [0.2, 0.25) is 0 Å². The number of phenolic OH excluding ortho intramolecular Hbond substituents is 4. The molecule has 1 aliphatic carbocycles.